The van der Waals surface area contributed by atoms with E-state index in [1.54, 1.807) is 7.11 Å². The van der Waals surface area contributed by atoms with E-state index in [1.807, 2.05) is 30.3 Å². The smallest absolute Gasteiger partial charge is 0.272 e. The molecule has 182 valence electrons. The number of nitrogens with one attached hydrogen (secondary N) is 2. The molecule has 3 heterocycles. The molecule has 2 N–H and O–H groups in total. The Kier molecular flexibility index (Phi) is 5.64. The summed E-state index contributed by atoms with van der Waals surface area (Å²) in [5, 5.41) is 11.6. The van der Waals surface area contributed by atoms with Gasteiger partial charge in [-0.1, -0.05) is 62.2 Å². The molecular weight excluding hydrogens is 436 g/mol. The number of likely N-dealkylation sites (tertiary alicyclic amines) is 1. The van der Waals surface area contributed by atoms with Crippen molar-refractivity contribution in [3.63, 3.8) is 0 Å². The largest absolute Gasteiger partial charge is 0.497 e. The number of nitrogens with zero attached hydrogens (tertiary/aromatic N) is 2. The molecule has 2 saturated heterocycles. The number of piperidine rings is 1. The lowest BCUT2D eigenvalue weighted by molar-refractivity contribution is 0.0606. The van der Waals surface area contributed by atoms with Gasteiger partial charge in [0.2, 0.25) is 0 Å². The summed E-state index contributed by atoms with van der Waals surface area (Å²) in [6.45, 7) is 2.41. The number of rotatable bonds is 5. The molecule has 2 aliphatic heterocycles. The Morgan fingerprint density at radius 3 is 2.77 bits per heavy atom. The van der Waals surface area contributed by atoms with Gasteiger partial charge in [-0.25, -0.2) is 0 Å². The van der Waals surface area contributed by atoms with Crippen molar-refractivity contribution in [2.45, 2.75) is 69.6 Å². The summed E-state index contributed by atoms with van der Waals surface area (Å²) in [5.74, 6) is 0.853. The molecule has 35 heavy (non-hydrogen) atoms. The number of amides is 1. The van der Waals surface area contributed by atoms with Crippen LogP contribution in [0.5, 0.6) is 5.75 Å². The molecule has 2 aromatic carbocycles. The monoisotopic (exact) mass is 470 g/mol. The number of aromatic amines is 1. The fourth-order valence-corrected chi connectivity index (χ4v) is 6.93. The van der Waals surface area contributed by atoms with Crippen LogP contribution in [-0.4, -0.2) is 52.3 Å². The number of methoxy groups -OCH3 is 1. The van der Waals surface area contributed by atoms with Crippen LogP contribution in [0.2, 0.25) is 0 Å². The highest BCUT2D eigenvalue weighted by molar-refractivity contribution is 5.94. The summed E-state index contributed by atoms with van der Waals surface area (Å²) >= 11 is 0. The average molecular weight is 471 g/mol. The molecule has 1 aromatic heterocycles. The van der Waals surface area contributed by atoms with Crippen LogP contribution in [0.1, 0.15) is 55.1 Å². The predicted molar refractivity (Wildman–Crippen MR) is 136 cm³/mol. The Hall–Kier alpha value is -3.12. The molecule has 6 heteroatoms. The van der Waals surface area contributed by atoms with Gasteiger partial charge < -0.3 is 15.0 Å². The first-order valence-corrected chi connectivity index (χ1v) is 12.9. The number of carbonyl (C=O) groups is 1. The number of carbonyl (C=O) groups excluding carboxylic acids is 1. The Morgan fingerprint density at radius 2 is 1.94 bits per heavy atom. The van der Waals surface area contributed by atoms with Crippen molar-refractivity contribution in [1.29, 1.82) is 0 Å². The van der Waals surface area contributed by atoms with E-state index in [0.29, 0.717) is 11.7 Å². The minimum absolute atomic E-state index is 0.0767. The van der Waals surface area contributed by atoms with Gasteiger partial charge in [0.1, 0.15) is 11.4 Å². The van der Waals surface area contributed by atoms with Crippen molar-refractivity contribution >= 4 is 5.91 Å². The van der Waals surface area contributed by atoms with Crippen molar-refractivity contribution in [2.24, 2.45) is 5.41 Å². The summed E-state index contributed by atoms with van der Waals surface area (Å²) in [5.41, 5.74) is 3.70. The van der Waals surface area contributed by atoms with Gasteiger partial charge in [0.05, 0.1) is 12.8 Å². The SMILES string of the molecule is COc1cccc(-c2cc(C(=O)N3[C@H]4CCCC[C@H]5N[C@H](Cc6ccccc6)[C@@H]3C[C@@]45C)[nH]n2)c1. The van der Waals surface area contributed by atoms with Gasteiger partial charge in [0.25, 0.3) is 5.91 Å². The molecule has 3 aliphatic rings. The van der Waals surface area contributed by atoms with Crippen molar-refractivity contribution in [2.75, 3.05) is 7.11 Å². The van der Waals surface area contributed by atoms with Crippen molar-refractivity contribution in [3.8, 4) is 17.0 Å². The van der Waals surface area contributed by atoms with E-state index in [-0.39, 0.29) is 29.4 Å². The number of H-pyrrole nitrogens is 1. The third-order valence-corrected chi connectivity index (χ3v) is 8.71. The maximum Gasteiger partial charge on any atom is 0.272 e. The minimum atomic E-state index is 0.0767. The van der Waals surface area contributed by atoms with Crippen LogP contribution in [0.3, 0.4) is 0 Å². The standard InChI is InChI=1S/C29H34N4O2/c1-29-18-25-23(15-19-9-4-3-5-10-19)30-26(29)13-6-7-14-27(29)33(25)28(34)24-17-22(31-32-24)20-11-8-12-21(16-20)35-2/h3-5,8-12,16-17,23,25-27,30H,6-7,13-15,18H2,1-2H3,(H,31,32)/t23-,25+,26-,27+,29-/m1/s1. The highest BCUT2D eigenvalue weighted by atomic mass is 16.5. The zero-order valence-corrected chi connectivity index (χ0v) is 20.5. The molecular formula is C29H34N4O2. The molecule has 3 fully saturated rings. The summed E-state index contributed by atoms with van der Waals surface area (Å²) < 4.78 is 5.37. The molecule has 0 spiro atoms. The van der Waals surface area contributed by atoms with Gasteiger partial charge in [0.15, 0.2) is 0 Å². The first-order chi connectivity index (χ1) is 17.1. The second-order valence-corrected chi connectivity index (χ2v) is 10.7. The molecule has 6 rings (SSSR count). The van der Waals surface area contributed by atoms with E-state index in [4.69, 9.17) is 4.74 Å². The van der Waals surface area contributed by atoms with Gasteiger partial charge in [-0.2, -0.15) is 5.10 Å². The normalized spacial score (nSPS) is 29.6. The average Bonchev–Trinajstić information content (AvgIpc) is 3.43. The van der Waals surface area contributed by atoms with Crippen LogP contribution in [0.4, 0.5) is 0 Å². The topological polar surface area (TPSA) is 70.2 Å². The molecule has 5 atom stereocenters. The molecule has 1 amide bonds. The molecule has 1 aliphatic carbocycles. The summed E-state index contributed by atoms with van der Waals surface area (Å²) in [6, 6.07) is 21.5. The first-order valence-electron chi connectivity index (χ1n) is 12.9. The lowest BCUT2D eigenvalue weighted by Gasteiger charge is -2.43. The highest BCUT2D eigenvalue weighted by Crippen LogP contribution is 2.52. The lowest BCUT2D eigenvalue weighted by atomic mass is 9.70. The molecule has 6 nitrogen and oxygen atoms in total. The predicted octanol–water partition coefficient (Wildman–Crippen LogP) is 4.83. The van der Waals surface area contributed by atoms with Crippen LogP contribution in [0.25, 0.3) is 11.3 Å². The minimum Gasteiger partial charge on any atom is -0.497 e. The van der Waals surface area contributed by atoms with Crippen LogP contribution >= 0.6 is 0 Å². The van der Waals surface area contributed by atoms with E-state index in [1.165, 1.54) is 24.8 Å². The van der Waals surface area contributed by atoms with Gasteiger partial charge >= 0.3 is 0 Å². The van der Waals surface area contributed by atoms with Crippen LogP contribution in [-0.2, 0) is 6.42 Å². The maximum atomic E-state index is 14.1. The second-order valence-electron chi connectivity index (χ2n) is 10.7. The number of hydrogen-bond acceptors (Lipinski definition) is 4. The highest BCUT2D eigenvalue weighted by Gasteiger charge is 2.60. The van der Waals surface area contributed by atoms with Crippen LogP contribution < -0.4 is 10.1 Å². The summed E-state index contributed by atoms with van der Waals surface area (Å²) in [6.07, 6.45) is 6.67. The Labute approximate surface area is 207 Å². The number of benzene rings is 2. The van der Waals surface area contributed by atoms with E-state index in [2.05, 4.69) is 57.7 Å². The molecule has 2 bridgehead atoms. The number of ether oxygens (including phenoxy) is 1. The Morgan fingerprint density at radius 1 is 1.11 bits per heavy atom. The number of fused-ring (bicyclic) bond motifs is 1. The molecule has 1 saturated carbocycles. The third kappa shape index (κ3) is 3.84. The van der Waals surface area contributed by atoms with Crippen LogP contribution in [0, 0.1) is 5.41 Å². The van der Waals surface area contributed by atoms with Gasteiger partial charge in [-0.3, -0.25) is 9.89 Å². The quantitative estimate of drug-likeness (QED) is 0.560. The number of hydrogen-bond donors (Lipinski definition) is 2. The second kappa shape index (κ2) is 8.83. The van der Waals surface area contributed by atoms with Crippen molar-refractivity contribution in [3.05, 3.63) is 71.9 Å². The van der Waals surface area contributed by atoms with E-state index >= 15 is 0 Å². The maximum absolute atomic E-state index is 14.1. The fraction of sp³-hybridized carbons (Fsp3) is 0.448. The first kappa shape index (κ1) is 22.4. The fourth-order valence-electron chi connectivity index (χ4n) is 6.93. The number of aromatic nitrogens is 2. The van der Waals surface area contributed by atoms with E-state index in [9.17, 15) is 4.79 Å². The molecule has 0 unspecified atom stereocenters. The summed E-state index contributed by atoms with van der Waals surface area (Å²) in [7, 11) is 1.66. The zero-order chi connectivity index (χ0) is 24.0. The Bertz CT molecular complexity index is 1210. The zero-order valence-electron chi connectivity index (χ0n) is 20.5. The van der Waals surface area contributed by atoms with Crippen molar-refractivity contribution < 1.29 is 9.53 Å². The van der Waals surface area contributed by atoms with Gasteiger partial charge in [0, 0.05) is 35.1 Å². The Balaban J connectivity index is 1.33. The van der Waals surface area contributed by atoms with Crippen LogP contribution in [0.15, 0.2) is 60.7 Å². The molecule has 0 radical (unpaired) electrons. The van der Waals surface area contributed by atoms with Crippen molar-refractivity contribution in [1.82, 2.24) is 20.4 Å². The molecule has 3 aromatic rings. The summed E-state index contributed by atoms with van der Waals surface area (Å²) in [4.78, 5) is 16.3. The van der Waals surface area contributed by atoms with Gasteiger partial charge in [-0.15, -0.1) is 0 Å². The lowest BCUT2D eigenvalue weighted by Crippen LogP contribution is -2.57. The van der Waals surface area contributed by atoms with Gasteiger partial charge in [-0.05, 0) is 49.4 Å². The third-order valence-electron chi connectivity index (χ3n) is 8.71. The van der Waals surface area contributed by atoms with E-state index < -0.39 is 0 Å². The van der Waals surface area contributed by atoms with E-state index in [0.717, 1.165) is 36.3 Å².